The first kappa shape index (κ1) is 18.7. The molecule has 132 valence electrons. The second-order valence-corrected chi connectivity index (χ2v) is 6.10. The number of benzene rings is 2. The van der Waals surface area contributed by atoms with Crippen LogP contribution in [0.5, 0.6) is 0 Å². The first-order valence-corrected chi connectivity index (χ1v) is 8.55. The van der Waals surface area contributed by atoms with Crippen molar-refractivity contribution in [2.75, 3.05) is 20.2 Å². The molecule has 0 saturated heterocycles. The predicted molar refractivity (Wildman–Crippen MR) is 99.0 cm³/mol. The molecule has 2 aromatic carbocycles. The number of hydrogen-bond acceptors (Lipinski definition) is 3. The largest absolute Gasteiger partial charge is 0.469 e. The number of carbonyl (C=O) groups is 2. The minimum absolute atomic E-state index is 0.0192. The highest BCUT2D eigenvalue weighted by Crippen LogP contribution is 2.19. The second kappa shape index (κ2) is 9.02. The van der Waals surface area contributed by atoms with Gasteiger partial charge in [0.15, 0.2) is 0 Å². The van der Waals surface area contributed by atoms with Crippen LogP contribution in [-0.4, -0.2) is 37.0 Å². The molecule has 0 N–H and O–H groups in total. The summed E-state index contributed by atoms with van der Waals surface area (Å²) in [5.41, 5.74) is 3.25. The van der Waals surface area contributed by atoms with Crippen LogP contribution in [0.4, 0.5) is 0 Å². The molecule has 0 aromatic heterocycles. The Labute approximate surface area is 149 Å². The topological polar surface area (TPSA) is 46.6 Å². The number of esters is 1. The third-order valence-electron chi connectivity index (χ3n) is 4.25. The number of likely N-dealkylation sites (N-methyl/N-ethyl adjacent to an activating group) is 1. The van der Waals surface area contributed by atoms with Crippen LogP contribution in [-0.2, 0) is 20.7 Å². The van der Waals surface area contributed by atoms with Gasteiger partial charge in [-0.1, -0.05) is 61.5 Å². The molecule has 4 nitrogen and oxygen atoms in total. The zero-order valence-corrected chi connectivity index (χ0v) is 15.1. The smallest absolute Gasteiger partial charge is 0.310 e. The van der Waals surface area contributed by atoms with Gasteiger partial charge in [0.1, 0.15) is 0 Å². The fourth-order valence-electron chi connectivity index (χ4n) is 2.75. The van der Waals surface area contributed by atoms with Crippen LogP contribution in [0, 0.1) is 5.92 Å². The van der Waals surface area contributed by atoms with Gasteiger partial charge in [-0.25, -0.2) is 0 Å². The lowest BCUT2D eigenvalue weighted by Crippen LogP contribution is -2.38. The zero-order valence-electron chi connectivity index (χ0n) is 15.1. The highest BCUT2D eigenvalue weighted by atomic mass is 16.5. The fraction of sp³-hybridized carbons (Fsp3) is 0.333. The monoisotopic (exact) mass is 339 g/mol. The van der Waals surface area contributed by atoms with Crippen molar-refractivity contribution in [1.82, 2.24) is 4.90 Å². The summed E-state index contributed by atoms with van der Waals surface area (Å²) < 4.78 is 4.73. The Balaban J connectivity index is 2.00. The van der Waals surface area contributed by atoms with E-state index in [1.807, 2.05) is 49.4 Å². The van der Waals surface area contributed by atoms with Crippen molar-refractivity contribution < 1.29 is 14.3 Å². The molecule has 1 amide bonds. The molecule has 1 atom stereocenters. The number of rotatable bonds is 7. The molecule has 0 aliphatic rings. The van der Waals surface area contributed by atoms with Gasteiger partial charge in [-0.05, 0) is 23.6 Å². The third kappa shape index (κ3) is 5.18. The van der Waals surface area contributed by atoms with E-state index >= 15 is 0 Å². The quantitative estimate of drug-likeness (QED) is 0.725. The Morgan fingerprint density at radius 2 is 1.60 bits per heavy atom. The van der Waals surface area contributed by atoms with Crippen molar-refractivity contribution in [3.63, 3.8) is 0 Å². The molecular weight excluding hydrogens is 314 g/mol. The van der Waals surface area contributed by atoms with Gasteiger partial charge in [-0.15, -0.1) is 0 Å². The maximum Gasteiger partial charge on any atom is 0.310 e. The van der Waals surface area contributed by atoms with E-state index in [2.05, 4.69) is 12.1 Å². The first-order valence-electron chi connectivity index (χ1n) is 8.55. The van der Waals surface area contributed by atoms with Gasteiger partial charge in [0.25, 0.3) is 0 Å². The third-order valence-corrected chi connectivity index (χ3v) is 4.25. The number of amides is 1. The standard InChI is InChI=1S/C21H25NO3/c1-4-22(15-16(2)21(24)25-3)20(23)14-17-10-12-19(13-11-17)18-8-6-5-7-9-18/h5-13,16H,4,14-15H2,1-3H3. The average Bonchev–Trinajstić information content (AvgIpc) is 2.66. The van der Waals surface area contributed by atoms with Gasteiger partial charge in [0.05, 0.1) is 19.4 Å². The molecule has 0 aliphatic heterocycles. The molecule has 0 bridgehead atoms. The molecule has 0 spiro atoms. The van der Waals surface area contributed by atoms with E-state index in [1.165, 1.54) is 7.11 Å². The molecule has 0 saturated carbocycles. The van der Waals surface area contributed by atoms with Gasteiger partial charge in [-0.2, -0.15) is 0 Å². The summed E-state index contributed by atoms with van der Waals surface area (Å²) in [6, 6.07) is 18.2. The minimum Gasteiger partial charge on any atom is -0.469 e. The van der Waals surface area contributed by atoms with Crippen LogP contribution in [0.2, 0.25) is 0 Å². The number of nitrogens with zero attached hydrogens (tertiary/aromatic N) is 1. The Hall–Kier alpha value is -2.62. The van der Waals surface area contributed by atoms with Crippen molar-refractivity contribution in [3.8, 4) is 11.1 Å². The summed E-state index contributed by atoms with van der Waals surface area (Å²) in [7, 11) is 1.37. The molecule has 0 aliphatic carbocycles. The highest BCUT2D eigenvalue weighted by Gasteiger charge is 2.20. The Kier molecular flexibility index (Phi) is 6.75. The summed E-state index contributed by atoms with van der Waals surface area (Å²) in [4.78, 5) is 25.8. The first-order chi connectivity index (χ1) is 12.0. The van der Waals surface area contributed by atoms with Crippen molar-refractivity contribution in [1.29, 1.82) is 0 Å². The van der Waals surface area contributed by atoms with Gasteiger partial charge in [0.2, 0.25) is 5.91 Å². The number of methoxy groups -OCH3 is 1. The summed E-state index contributed by atoms with van der Waals surface area (Å²) >= 11 is 0. The average molecular weight is 339 g/mol. The van der Waals surface area contributed by atoms with Gasteiger partial charge < -0.3 is 9.64 Å². The maximum atomic E-state index is 12.5. The van der Waals surface area contributed by atoms with Crippen molar-refractivity contribution >= 4 is 11.9 Å². The molecule has 25 heavy (non-hydrogen) atoms. The van der Waals surface area contributed by atoms with Gasteiger partial charge in [-0.3, -0.25) is 9.59 Å². The van der Waals surface area contributed by atoms with Crippen molar-refractivity contribution in [3.05, 3.63) is 60.2 Å². The van der Waals surface area contributed by atoms with E-state index in [9.17, 15) is 9.59 Å². The van der Waals surface area contributed by atoms with E-state index in [0.717, 1.165) is 16.7 Å². The SMILES string of the molecule is CCN(CC(C)C(=O)OC)C(=O)Cc1ccc(-c2ccccc2)cc1. The summed E-state index contributed by atoms with van der Waals surface area (Å²) in [6.45, 7) is 4.64. The molecule has 2 aromatic rings. The normalized spacial score (nSPS) is 11.6. The summed E-state index contributed by atoms with van der Waals surface area (Å²) in [5.74, 6) is -0.599. The lowest BCUT2D eigenvalue weighted by molar-refractivity contribution is -0.146. The van der Waals surface area contributed by atoms with Crippen LogP contribution in [0.15, 0.2) is 54.6 Å². The van der Waals surface area contributed by atoms with Gasteiger partial charge in [0, 0.05) is 13.1 Å². The molecular formula is C21H25NO3. The summed E-state index contributed by atoms with van der Waals surface area (Å²) in [5, 5.41) is 0. The maximum absolute atomic E-state index is 12.5. The van der Waals surface area contributed by atoms with Crippen LogP contribution in [0.3, 0.4) is 0 Å². The molecule has 1 unspecified atom stereocenters. The minimum atomic E-state index is -0.325. The van der Waals surface area contributed by atoms with E-state index in [0.29, 0.717) is 19.5 Å². The van der Waals surface area contributed by atoms with Crippen molar-refractivity contribution in [2.45, 2.75) is 20.3 Å². The van der Waals surface area contributed by atoms with E-state index in [4.69, 9.17) is 4.74 Å². The number of hydrogen-bond donors (Lipinski definition) is 0. The highest BCUT2D eigenvalue weighted by molar-refractivity contribution is 5.80. The predicted octanol–water partition coefficient (Wildman–Crippen LogP) is 3.55. The lowest BCUT2D eigenvalue weighted by atomic mass is 10.0. The molecule has 0 radical (unpaired) electrons. The zero-order chi connectivity index (χ0) is 18.2. The molecule has 0 fully saturated rings. The summed E-state index contributed by atoms with van der Waals surface area (Å²) in [6.07, 6.45) is 0.330. The second-order valence-electron chi connectivity index (χ2n) is 6.10. The Bertz CT molecular complexity index is 695. The van der Waals surface area contributed by atoms with Crippen LogP contribution in [0.1, 0.15) is 19.4 Å². The van der Waals surface area contributed by atoms with Crippen LogP contribution < -0.4 is 0 Å². The van der Waals surface area contributed by atoms with E-state index < -0.39 is 0 Å². The molecule has 0 heterocycles. The van der Waals surface area contributed by atoms with E-state index in [1.54, 1.807) is 11.8 Å². The van der Waals surface area contributed by atoms with Gasteiger partial charge >= 0.3 is 5.97 Å². The number of carbonyl (C=O) groups excluding carboxylic acids is 2. The molecule has 4 heteroatoms. The lowest BCUT2D eigenvalue weighted by Gasteiger charge is -2.23. The van der Waals surface area contributed by atoms with Crippen LogP contribution in [0.25, 0.3) is 11.1 Å². The Morgan fingerprint density at radius 1 is 1.00 bits per heavy atom. The Morgan fingerprint density at radius 3 is 2.16 bits per heavy atom. The molecule has 2 rings (SSSR count). The van der Waals surface area contributed by atoms with Crippen molar-refractivity contribution in [2.24, 2.45) is 5.92 Å². The van der Waals surface area contributed by atoms with Crippen LogP contribution >= 0.6 is 0 Å². The fourth-order valence-corrected chi connectivity index (χ4v) is 2.75. The number of ether oxygens (including phenoxy) is 1. The van der Waals surface area contributed by atoms with E-state index in [-0.39, 0.29) is 17.8 Å².